The molecule has 1 rings (SSSR count). The topological polar surface area (TPSA) is 63.4 Å². The molecule has 114 valence electrons. The van der Waals surface area contributed by atoms with Gasteiger partial charge in [0.15, 0.2) is 0 Å². The Bertz CT molecular complexity index is 403. The van der Waals surface area contributed by atoms with Gasteiger partial charge >= 0.3 is 12.1 Å². The normalized spacial score (nSPS) is 21.4. The largest absolute Gasteiger partial charge is 0.454 e. The summed E-state index contributed by atoms with van der Waals surface area (Å²) in [5.41, 5.74) is 4.75. The molecule has 1 heterocycles. The van der Waals surface area contributed by atoms with Gasteiger partial charge in [-0.05, 0) is 12.8 Å². The van der Waals surface area contributed by atoms with Crippen LogP contribution in [-0.4, -0.2) is 49.7 Å². The van der Waals surface area contributed by atoms with E-state index in [0.717, 1.165) is 10.7 Å². The van der Waals surface area contributed by atoms with Gasteiger partial charge in [0.25, 0.3) is 0 Å². The molecule has 0 spiro atoms. The van der Waals surface area contributed by atoms with Crippen molar-refractivity contribution in [2.24, 2.45) is 5.73 Å². The van der Waals surface area contributed by atoms with Crippen LogP contribution in [0, 0.1) is 0 Å². The third kappa shape index (κ3) is 3.76. The van der Waals surface area contributed by atoms with E-state index in [1.165, 1.54) is 0 Å². The molecule has 0 aromatic carbocycles. The molecule has 0 aromatic rings. The fourth-order valence-electron chi connectivity index (χ4n) is 1.79. The van der Waals surface area contributed by atoms with Crippen molar-refractivity contribution in [3.8, 4) is 0 Å². The molecule has 0 aromatic heterocycles. The molecule has 10 heteroatoms. The summed E-state index contributed by atoms with van der Waals surface area (Å²) in [7, 11) is -4.20. The van der Waals surface area contributed by atoms with Gasteiger partial charge in [0.2, 0.25) is 10.0 Å². The van der Waals surface area contributed by atoms with Crippen LogP contribution < -0.4 is 5.73 Å². The van der Waals surface area contributed by atoms with Crippen molar-refractivity contribution < 1.29 is 30.4 Å². The van der Waals surface area contributed by atoms with Crippen molar-refractivity contribution in [3.05, 3.63) is 0 Å². The maximum absolute atomic E-state index is 12.9. The molecule has 1 aliphatic heterocycles. The van der Waals surface area contributed by atoms with Gasteiger partial charge in [0, 0.05) is 13.1 Å². The Morgan fingerprint density at radius 1 is 1.05 bits per heavy atom. The number of alkyl halides is 5. The summed E-state index contributed by atoms with van der Waals surface area (Å²) >= 11 is 0. The first kappa shape index (κ1) is 16.6. The van der Waals surface area contributed by atoms with Crippen LogP contribution in [0.5, 0.6) is 0 Å². The van der Waals surface area contributed by atoms with Crippen LogP contribution in [0.3, 0.4) is 0 Å². The third-order valence-corrected chi connectivity index (χ3v) is 4.87. The third-order valence-electron chi connectivity index (χ3n) is 2.94. The Labute approximate surface area is 107 Å². The first-order valence-electron chi connectivity index (χ1n) is 5.66. The van der Waals surface area contributed by atoms with Crippen molar-refractivity contribution in [2.75, 3.05) is 18.8 Å². The monoisotopic (exact) mass is 310 g/mol. The highest BCUT2D eigenvalue weighted by Crippen LogP contribution is 2.38. The lowest BCUT2D eigenvalue weighted by Crippen LogP contribution is -2.56. The number of halogens is 5. The summed E-state index contributed by atoms with van der Waals surface area (Å²) in [6.45, 7) is 0.263. The molecular formula is C9H15F5N2O2S. The van der Waals surface area contributed by atoms with Gasteiger partial charge in [-0.1, -0.05) is 6.42 Å². The van der Waals surface area contributed by atoms with Crippen molar-refractivity contribution in [1.82, 2.24) is 4.31 Å². The quantitative estimate of drug-likeness (QED) is 0.797. The lowest BCUT2D eigenvalue weighted by atomic mass is 10.2. The lowest BCUT2D eigenvalue weighted by Gasteiger charge is -2.30. The zero-order valence-electron chi connectivity index (χ0n) is 9.96. The minimum Gasteiger partial charge on any atom is -0.321 e. The highest BCUT2D eigenvalue weighted by molar-refractivity contribution is 7.89. The Kier molecular flexibility index (Phi) is 4.79. The van der Waals surface area contributed by atoms with Crippen LogP contribution in [0.2, 0.25) is 0 Å². The van der Waals surface area contributed by atoms with E-state index in [4.69, 9.17) is 5.73 Å². The van der Waals surface area contributed by atoms with Crippen molar-refractivity contribution in [2.45, 2.75) is 37.4 Å². The van der Waals surface area contributed by atoms with E-state index in [1.54, 1.807) is 0 Å². The van der Waals surface area contributed by atoms with Crippen molar-refractivity contribution in [1.29, 1.82) is 0 Å². The second-order valence-electron chi connectivity index (χ2n) is 4.47. The number of nitrogens with two attached hydrogens (primary N) is 1. The highest BCUT2D eigenvalue weighted by Gasteiger charge is 2.62. The van der Waals surface area contributed by atoms with Crippen LogP contribution >= 0.6 is 0 Å². The molecule has 1 atom stereocenters. The first-order valence-corrected chi connectivity index (χ1v) is 7.27. The van der Waals surface area contributed by atoms with E-state index in [0.29, 0.717) is 12.8 Å². The molecule has 1 fully saturated rings. The lowest BCUT2D eigenvalue weighted by molar-refractivity contribution is -0.287. The summed E-state index contributed by atoms with van der Waals surface area (Å²) in [6, 6.07) is -2.81. The number of piperidine rings is 1. The molecule has 2 N–H and O–H groups in total. The van der Waals surface area contributed by atoms with Gasteiger partial charge in [0.1, 0.15) is 0 Å². The minimum absolute atomic E-state index is 0.132. The molecule has 0 saturated carbocycles. The van der Waals surface area contributed by atoms with Gasteiger partial charge in [-0.15, -0.1) is 0 Å². The minimum atomic E-state index is -5.86. The molecule has 0 amide bonds. The van der Waals surface area contributed by atoms with Crippen LogP contribution in [0.25, 0.3) is 0 Å². The summed E-state index contributed by atoms with van der Waals surface area (Å²) in [4.78, 5) is 0. The van der Waals surface area contributed by atoms with Gasteiger partial charge in [-0.3, -0.25) is 0 Å². The number of rotatable bonds is 4. The molecule has 0 aliphatic carbocycles. The van der Waals surface area contributed by atoms with E-state index in [9.17, 15) is 30.4 Å². The number of sulfonamides is 1. The predicted molar refractivity (Wildman–Crippen MR) is 58.2 cm³/mol. The van der Waals surface area contributed by atoms with E-state index >= 15 is 0 Å². The number of hydrogen-bond acceptors (Lipinski definition) is 3. The van der Waals surface area contributed by atoms with Gasteiger partial charge in [-0.25, -0.2) is 12.7 Å². The average Bonchev–Trinajstić information content (AvgIpc) is 2.28. The van der Waals surface area contributed by atoms with Crippen LogP contribution in [0.1, 0.15) is 19.3 Å². The average molecular weight is 310 g/mol. The summed E-state index contributed by atoms with van der Waals surface area (Å²) < 4.78 is 86.3. The molecule has 1 aliphatic rings. The maximum atomic E-state index is 12.9. The SMILES string of the molecule is NC(CS(=O)(=O)N1CCCCC1)C(F)(F)C(F)(F)F. The molecule has 1 saturated heterocycles. The fourth-order valence-corrected chi connectivity index (χ4v) is 3.48. The van der Waals surface area contributed by atoms with E-state index in [-0.39, 0.29) is 13.1 Å². The van der Waals surface area contributed by atoms with Crippen LogP contribution in [0.4, 0.5) is 22.0 Å². The smallest absolute Gasteiger partial charge is 0.321 e. The molecule has 0 bridgehead atoms. The second kappa shape index (κ2) is 5.49. The second-order valence-corrected chi connectivity index (χ2v) is 6.48. The standard InChI is InChI=1S/C9H15F5N2O2S/c10-8(11,9(12,13)14)7(15)6-19(17,18)16-4-2-1-3-5-16/h7H,1-6,15H2. The Balaban J connectivity index is 2.77. The highest BCUT2D eigenvalue weighted by atomic mass is 32.2. The first-order chi connectivity index (χ1) is 8.48. The van der Waals surface area contributed by atoms with E-state index < -0.39 is 33.9 Å². The number of hydrogen-bond donors (Lipinski definition) is 1. The van der Waals surface area contributed by atoms with Crippen molar-refractivity contribution in [3.63, 3.8) is 0 Å². The van der Waals surface area contributed by atoms with Crippen LogP contribution in [-0.2, 0) is 10.0 Å². The molecule has 1 unspecified atom stereocenters. The van der Waals surface area contributed by atoms with Gasteiger partial charge < -0.3 is 5.73 Å². The molecule has 0 radical (unpaired) electrons. The Morgan fingerprint density at radius 3 is 1.95 bits per heavy atom. The molecule has 4 nitrogen and oxygen atoms in total. The van der Waals surface area contributed by atoms with Crippen LogP contribution in [0.15, 0.2) is 0 Å². The van der Waals surface area contributed by atoms with Gasteiger partial charge in [-0.2, -0.15) is 22.0 Å². The van der Waals surface area contributed by atoms with E-state index in [1.807, 2.05) is 0 Å². The fraction of sp³-hybridized carbons (Fsp3) is 1.00. The zero-order valence-corrected chi connectivity index (χ0v) is 10.8. The predicted octanol–water partition coefficient (Wildman–Crippen LogP) is 1.33. The van der Waals surface area contributed by atoms with Crippen molar-refractivity contribution >= 4 is 10.0 Å². The Morgan fingerprint density at radius 2 is 1.53 bits per heavy atom. The zero-order chi connectivity index (χ0) is 14.9. The molecule has 19 heavy (non-hydrogen) atoms. The molecular weight excluding hydrogens is 295 g/mol. The summed E-state index contributed by atoms with van der Waals surface area (Å²) in [6.07, 6.45) is -3.94. The summed E-state index contributed by atoms with van der Waals surface area (Å²) in [5.74, 6) is -6.64. The van der Waals surface area contributed by atoms with Gasteiger partial charge in [0.05, 0.1) is 11.8 Å². The van der Waals surface area contributed by atoms with E-state index in [2.05, 4.69) is 0 Å². The Hall–Kier alpha value is -0.480. The summed E-state index contributed by atoms with van der Waals surface area (Å²) in [5, 5.41) is 0. The number of nitrogens with zero attached hydrogens (tertiary/aromatic N) is 1. The maximum Gasteiger partial charge on any atom is 0.454 e.